The van der Waals surface area contributed by atoms with Crippen molar-refractivity contribution in [2.24, 2.45) is 23.2 Å². The minimum absolute atomic E-state index is 0.189. The Hall–Kier alpha value is -2.18. The van der Waals surface area contributed by atoms with Crippen molar-refractivity contribution in [2.45, 2.75) is 120 Å². The molecule has 1 aromatic carbocycles. The zero-order valence-corrected chi connectivity index (χ0v) is 25.9. The van der Waals surface area contributed by atoms with Gasteiger partial charge in [0.05, 0.1) is 17.3 Å². The Morgan fingerprint density at radius 2 is 1.93 bits per heavy atom. The normalized spacial score (nSPS) is 43.8. The van der Waals surface area contributed by atoms with Crippen LogP contribution >= 0.6 is 0 Å². The number of fused-ring (bicyclic) bond motifs is 13. The van der Waals surface area contributed by atoms with E-state index in [9.17, 15) is 15.3 Å². The summed E-state index contributed by atoms with van der Waals surface area (Å²) in [7, 11) is 0. The SMILES string of the molecule is C=C1Cc2ccc3[nH]c4c(c3c2[C@H]2[C@@H]1C[C@@H]2C(C)(C)O)C[C@@H]1CC[C@@]2(O)C3=C[C@@H](O)[C@@H](C(=C)C)O[C@H]3CC[C@]2(C)[C@@]41C. The number of nitrogens with one attached hydrogen (secondary N) is 1. The molecule has 10 atom stereocenters. The topological polar surface area (TPSA) is 85.7 Å². The van der Waals surface area contributed by atoms with Crippen LogP contribution in [-0.4, -0.2) is 49.8 Å². The summed E-state index contributed by atoms with van der Waals surface area (Å²) in [6, 6.07) is 4.55. The van der Waals surface area contributed by atoms with Crippen LogP contribution in [0.1, 0.15) is 95.0 Å². The van der Waals surface area contributed by atoms with Crippen LogP contribution < -0.4 is 0 Å². The van der Waals surface area contributed by atoms with Gasteiger partial charge in [-0.15, -0.1) is 0 Å². The van der Waals surface area contributed by atoms with Gasteiger partial charge in [-0.05, 0) is 129 Å². The van der Waals surface area contributed by atoms with Gasteiger partial charge in [0.15, 0.2) is 0 Å². The minimum atomic E-state index is -1.05. The first-order valence-electron chi connectivity index (χ1n) is 16.2. The van der Waals surface area contributed by atoms with Crippen molar-refractivity contribution in [3.05, 3.63) is 70.5 Å². The molecule has 5 aliphatic carbocycles. The highest BCUT2D eigenvalue weighted by Gasteiger charge is 2.70. The van der Waals surface area contributed by atoms with E-state index in [1.807, 2.05) is 26.8 Å². The van der Waals surface area contributed by atoms with Gasteiger partial charge in [0.2, 0.25) is 0 Å². The van der Waals surface area contributed by atoms with E-state index in [0.717, 1.165) is 49.7 Å². The Kier molecular flexibility index (Phi) is 5.41. The van der Waals surface area contributed by atoms with Crippen LogP contribution in [0.2, 0.25) is 0 Å². The third-order valence-corrected chi connectivity index (χ3v) is 13.6. The molecule has 0 amide bonds. The van der Waals surface area contributed by atoms with E-state index in [-0.39, 0.29) is 17.4 Å². The summed E-state index contributed by atoms with van der Waals surface area (Å²) >= 11 is 0. The van der Waals surface area contributed by atoms with Crippen LogP contribution in [0.4, 0.5) is 0 Å². The summed E-state index contributed by atoms with van der Waals surface area (Å²) < 4.78 is 6.41. The van der Waals surface area contributed by atoms with E-state index in [1.165, 1.54) is 38.9 Å². The fourth-order valence-electron chi connectivity index (χ4n) is 11.1. The number of H-pyrrole nitrogens is 1. The van der Waals surface area contributed by atoms with Gasteiger partial charge in [-0.25, -0.2) is 0 Å². The van der Waals surface area contributed by atoms with E-state index in [1.54, 1.807) is 0 Å². The van der Waals surface area contributed by atoms with Crippen molar-refractivity contribution >= 4 is 10.9 Å². The fraction of sp³-hybridized carbons (Fsp3) is 0.622. The highest BCUT2D eigenvalue weighted by molar-refractivity contribution is 5.91. The second-order valence-electron chi connectivity index (χ2n) is 15.9. The molecular weight excluding hydrogens is 522 g/mol. The molecule has 5 heteroatoms. The first-order chi connectivity index (χ1) is 19.7. The lowest BCUT2D eigenvalue weighted by molar-refractivity contribution is -0.185. The van der Waals surface area contributed by atoms with Gasteiger partial charge in [0.25, 0.3) is 0 Å². The van der Waals surface area contributed by atoms with Gasteiger partial charge in [0.1, 0.15) is 12.2 Å². The number of allylic oxidation sites excluding steroid dienone is 1. The number of ether oxygens (including phenoxy) is 1. The summed E-state index contributed by atoms with van der Waals surface area (Å²) in [5, 5.41) is 36.4. The summed E-state index contributed by atoms with van der Waals surface area (Å²) in [6.45, 7) is 19.1. The molecule has 6 aliphatic rings. The molecule has 1 aliphatic heterocycles. The Morgan fingerprint density at radius 1 is 1.17 bits per heavy atom. The van der Waals surface area contributed by atoms with Crippen LogP contribution in [0.5, 0.6) is 0 Å². The third kappa shape index (κ3) is 3.09. The van der Waals surface area contributed by atoms with Crippen LogP contribution in [-0.2, 0) is 23.0 Å². The molecule has 224 valence electrons. The molecule has 42 heavy (non-hydrogen) atoms. The fourth-order valence-corrected chi connectivity index (χ4v) is 11.1. The van der Waals surface area contributed by atoms with Crippen molar-refractivity contribution in [2.75, 3.05) is 0 Å². The summed E-state index contributed by atoms with van der Waals surface area (Å²) in [6.07, 6.45) is 6.75. The maximum absolute atomic E-state index is 12.8. The lowest BCUT2D eigenvalue weighted by Gasteiger charge is -2.65. The maximum Gasteiger partial charge on any atom is 0.108 e. The number of aromatic amines is 1. The van der Waals surface area contributed by atoms with Gasteiger partial charge in [-0.3, -0.25) is 0 Å². The zero-order valence-electron chi connectivity index (χ0n) is 25.9. The molecule has 5 nitrogen and oxygen atoms in total. The first-order valence-corrected chi connectivity index (χ1v) is 16.2. The van der Waals surface area contributed by atoms with Crippen LogP contribution in [0, 0.1) is 23.2 Å². The van der Waals surface area contributed by atoms with E-state index in [0.29, 0.717) is 24.2 Å². The Bertz CT molecular complexity index is 1590. The van der Waals surface area contributed by atoms with Gasteiger partial charge in [-0.2, -0.15) is 0 Å². The highest BCUT2D eigenvalue weighted by Crippen LogP contribution is 2.70. The van der Waals surface area contributed by atoms with Crippen molar-refractivity contribution in [3.63, 3.8) is 0 Å². The van der Waals surface area contributed by atoms with Gasteiger partial charge in [-0.1, -0.05) is 38.6 Å². The number of hydrogen-bond donors (Lipinski definition) is 4. The smallest absolute Gasteiger partial charge is 0.108 e. The van der Waals surface area contributed by atoms with Gasteiger partial charge >= 0.3 is 0 Å². The Labute approximate surface area is 249 Å². The quantitative estimate of drug-likeness (QED) is 0.327. The predicted molar refractivity (Wildman–Crippen MR) is 165 cm³/mol. The monoisotopic (exact) mass is 569 g/mol. The second-order valence-corrected chi connectivity index (χ2v) is 15.9. The zero-order chi connectivity index (χ0) is 29.7. The summed E-state index contributed by atoms with van der Waals surface area (Å²) in [5.74, 6) is 1.39. The second kappa shape index (κ2) is 8.29. The highest BCUT2D eigenvalue weighted by atomic mass is 16.5. The van der Waals surface area contributed by atoms with Crippen molar-refractivity contribution in [3.8, 4) is 0 Å². The third-order valence-electron chi connectivity index (χ3n) is 13.6. The molecule has 2 aromatic rings. The molecular formula is C37H47NO4. The number of aliphatic hydroxyl groups is 3. The molecule has 0 saturated heterocycles. The molecule has 4 N–H and O–H groups in total. The molecule has 0 radical (unpaired) electrons. The predicted octanol–water partition coefficient (Wildman–Crippen LogP) is 6.16. The largest absolute Gasteiger partial charge is 0.390 e. The van der Waals surface area contributed by atoms with Crippen molar-refractivity contribution in [1.82, 2.24) is 4.98 Å². The minimum Gasteiger partial charge on any atom is -0.390 e. The van der Waals surface area contributed by atoms with Crippen LogP contribution in [0.25, 0.3) is 10.9 Å². The van der Waals surface area contributed by atoms with Gasteiger partial charge < -0.3 is 25.0 Å². The van der Waals surface area contributed by atoms with E-state index in [2.05, 4.69) is 44.1 Å². The molecule has 0 spiro atoms. The van der Waals surface area contributed by atoms with Crippen molar-refractivity contribution < 1.29 is 20.1 Å². The van der Waals surface area contributed by atoms with E-state index in [4.69, 9.17) is 4.74 Å². The molecule has 2 heterocycles. The maximum atomic E-state index is 12.8. The van der Waals surface area contributed by atoms with E-state index < -0.39 is 28.8 Å². The number of hydrogen-bond acceptors (Lipinski definition) is 4. The van der Waals surface area contributed by atoms with Crippen LogP contribution in [0.15, 0.2) is 48.1 Å². The molecule has 8 rings (SSSR count). The lowest BCUT2D eigenvalue weighted by Crippen LogP contribution is -2.67. The summed E-state index contributed by atoms with van der Waals surface area (Å²) in [4.78, 5) is 3.96. The van der Waals surface area contributed by atoms with Crippen LogP contribution in [0.3, 0.4) is 0 Å². The standard InChI is InChI=1S/C37H47NO4/c1-18(2)32-27(39)17-24-28(42-32)11-12-35(6)36(7)21(10-13-37(24,35)41)15-23-31-26(38-33(23)36)9-8-20-14-19(3)22-16-25(34(4,5)40)30(22)29(20)31/h8-9,17,21-22,25,27-28,30,32,38-41H,1,3,10-16H2,2,4-7H3/t21-,22+,25-,27+,28-,30-,32+,35+,36+,37+/m0/s1. The number of benzene rings is 1. The number of rotatable bonds is 2. The molecule has 1 aromatic heterocycles. The average molecular weight is 570 g/mol. The average Bonchev–Trinajstić information content (AvgIpc) is 3.39. The molecule has 3 fully saturated rings. The number of aromatic nitrogens is 1. The summed E-state index contributed by atoms with van der Waals surface area (Å²) in [5.41, 5.74) is 7.31. The Balaban J connectivity index is 1.28. The van der Waals surface area contributed by atoms with Crippen molar-refractivity contribution in [1.29, 1.82) is 0 Å². The molecule has 0 bridgehead atoms. The van der Waals surface area contributed by atoms with E-state index >= 15 is 0 Å². The Morgan fingerprint density at radius 3 is 2.64 bits per heavy atom. The first kappa shape index (κ1) is 27.4. The number of aliphatic hydroxyl groups excluding tert-OH is 1. The van der Waals surface area contributed by atoms with Gasteiger partial charge in [0, 0.05) is 27.4 Å². The lowest BCUT2D eigenvalue weighted by atomic mass is 9.42. The molecule has 3 saturated carbocycles. The molecule has 0 unspecified atom stereocenters.